The van der Waals surface area contributed by atoms with Crippen LogP contribution in [0.5, 0.6) is 0 Å². The maximum atomic E-state index is 12.5. The molecular weight excluding hydrogens is 370 g/mol. The molecule has 1 unspecified atom stereocenters. The van der Waals surface area contributed by atoms with Crippen molar-refractivity contribution in [2.75, 3.05) is 6.54 Å². The van der Waals surface area contributed by atoms with Gasteiger partial charge in [0.15, 0.2) is 11.0 Å². The number of nitrogens with one attached hydrogen (secondary N) is 1. The van der Waals surface area contributed by atoms with E-state index in [4.69, 9.17) is 0 Å². The number of rotatable bonds is 9. The van der Waals surface area contributed by atoms with Gasteiger partial charge in [0.1, 0.15) is 0 Å². The van der Waals surface area contributed by atoms with Crippen LogP contribution in [0.25, 0.3) is 11.4 Å². The molecule has 0 spiro atoms. The maximum absolute atomic E-state index is 12.5. The van der Waals surface area contributed by atoms with Crippen LogP contribution in [0.1, 0.15) is 39.0 Å². The minimum atomic E-state index is -0.251. The molecule has 1 aliphatic rings. The third kappa shape index (κ3) is 5.32. The molecule has 0 aromatic carbocycles. The normalized spacial score (nSPS) is 15.0. The Labute approximate surface area is 170 Å². The predicted molar refractivity (Wildman–Crippen MR) is 113 cm³/mol. The highest BCUT2D eigenvalue weighted by Crippen LogP contribution is 2.27. The van der Waals surface area contributed by atoms with Gasteiger partial charge in [-0.25, -0.2) is 0 Å². The first-order chi connectivity index (χ1) is 13.7. The summed E-state index contributed by atoms with van der Waals surface area (Å²) >= 11 is 1.42. The first-order valence-electron chi connectivity index (χ1n) is 9.76. The zero-order valence-electron chi connectivity index (χ0n) is 16.3. The number of amides is 1. The van der Waals surface area contributed by atoms with E-state index < -0.39 is 0 Å². The molecule has 1 aliphatic carbocycles. The Balaban J connectivity index is 1.60. The van der Waals surface area contributed by atoms with Crippen molar-refractivity contribution in [2.45, 2.75) is 56.0 Å². The first-order valence-corrected chi connectivity index (χ1v) is 10.6. The van der Waals surface area contributed by atoms with Crippen LogP contribution in [0.3, 0.4) is 0 Å². The zero-order valence-corrected chi connectivity index (χ0v) is 17.1. The quantitative estimate of drug-likeness (QED) is 0.511. The lowest BCUT2D eigenvalue weighted by molar-refractivity contribution is -0.120. The summed E-state index contributed by atoms with van der Waals surface area (Å²) in [6.45, 7) is 7.00. The molecule has 28 heavy (non-hydrogen) atoms. The number of nitrogens with zero attached hydrogens (tertiary/aromatic N) is 4. The topological polar surface area (TPSA) is 72.7 Å². The number of aromatic nitrogens is 4. The first kappa shape index (κ1) is 20.3. The van der Waals surface area contributed by atoms with Gasteiger partial charge in [-0.15, -0.1) is 16.8 Å². The Morgan fingerprint density at radius 3 is 2.89 bits per heavy atom. The third-order valence-corrected chi connectivity index (χ3v) is 5.83. The molecule has 0 aliphatic heterocycles. The van der Waals surface area contributed by atoms with E-state index in [1.54, 1.807) is 18.5 Å². The van der Waals surface area contributed by atoms with Gasteiger partial charge in [-0.05, 0) is 51.2 Å². The maximum Gasteiger partial charge on any atom is 0.233 e. The van der Waals surface area contributed by atoms with Crippen molar-refractivity contribution in [3.8, 4) is 11.4 Å². The molecule has 0 saturated heterocycles. The standard InChI is InChI=1S/C21H27N5OS/c1-3-15-26-19(18-10-12-22-13-11-18)24-25-21(26)28-16(2)20(27)23-14-9-17-7-5-4-6-8-17/h3,7,10-13,16H,1,4-6,8-9,14-15H2,2H3,(H,23,27). The van der Waals surface area contributed by atoms with Crippen molar-refractivity contribution in [3.05, 3.63) is 48.8 Å². The third-order valence-electron chi connectivity index (χ3n) is 4.75. The summed E-state index contributed by atoms with van der Waals surface area (Å²) in [5.41, 5.74) is 2.41. The second-order valence-corrected chi connectivity index (χ2v) is 8.16. The number of hydrogen-bond acceptors (Lipinski definition) is 5. The highest BCUT2D eigenvalue weighted by Gasteiger charge is 2.20. The Kier molecular flexibility index (Phi) is 7.42. The van der Waals surface area contributed by atoms with Crippen LogP contribution < -0.4 is 5.32 Å². The highest BCUT2D eigenvalue weighted by molar-refractivity contribution is 8.00. The summed E-state index contributed by atoms with van der Waals surface area (Å²) in [6, 6.07) is 3.79. The lowest BCUT2D eigenvalue weighted by Gasteiger charge is -2.15. The summed E-state index contributed by atoms with van der Waals surface area (Å²) in [5, 5.41) is 12.1. The second kappa shape index (κ2) is 10.2. The van der Waals surface area contributed by atoms with E-state index >= 15 is 0 Å². The van der Waals surface area contributed by atoms with Gasteiger partial charge in [-0.1, -0.05) is 29.5 Å². The SMILES string of the molecule is C=CCn1c(SC(C)C(=O)NCCC2=CCCCC2)nnc1-c1ccncc1. The van der Waals surface area contributed by atoms with Crippen LogP contribution >= 0.6 is 11.8 Å². The summed E-state index contributed by atoms with van der Waals surface area (Å²) in [5.74, 6) is 0.779. The van der Waals surface area contributed by atoms with Gasteiger partial charge in [0.05, 0.1) is 5.25 Å². The van der Waals surface area contributed by atoms with E-state index in [1.165, 1.54) is 43.0 Å². The summed E-state index contributed by atoms with van der Waals surface area (Å²) in [6.07, 6.45) is 13.4. The van der Waals surface area contributed by atoms with Gasteiger partial charge in [0.2, 0.25) is 5.91 Å². The molecule has 2 heterocycles. The molecule has 148 valence electrons. The molecule has 0 saturated carbocycles. The molecule has 2 aromatic heterocycles. The van der Waals surface area contributed by atoms with Gasteiger partial charge in [0.25, 0.3) is 0 Å². The Morgan fingerprint density at radius 2 is 2.18 bits per heavy atom. The smallest absolute Gasteiger partial charge is 0.233 e. The van der Waals surface area contributed by atoms with Gasteiger partial charge in [-0.2, -0.15) is 0 Å². The zero-order chi connectivity index (χ0) is 19.8. The number of carbonyl (C=O) groups is 1. The largest absolute Gasteiger partial charge is 0.355 e. The van der Waals surface area contributed by atoms with Crippen molar-refractivity contribution in [3.63, 3.8) is 0 Å². The van der Waals surface area contributed by atoms with Crippen LogP contribution in [-0.4, -0.2) is 37.5 Å². The molecule has 0 fully saturated rings. The number of pyridine rings is 1. The van der Waals surface area contributed by atoms with Gasteiger partial charge in [-0.3, -0.25) is 14.3 Å². The van der Waals surface area contributed by atoms with E-state index in [-0.39, 0.29) is 11.2 Å². The highest BCUT2D eigenvalue weighted by atomic mass is 32.2. The average molecular weight is 398 g/mol. The van der Waals surface area contributed by atoms with E-state index in [1.807, 2.05) is 23.6 Å². The molecule has 1 atom stereocenters. The second-order valence-electron chi connectivity index (χ2n) is 6.85. The Hall–Kier alpha value is -2.41. The van der Waals surface area contributed by atoms with Crippen molar-refractivity contribution < 1.29 is 4.79 Å². The van der Waals surface area contributed by atoms with Gasteiger partial charge in [0, 0.05) is 31.0 Å². The fourth-order valence-corrected chi connectivity index (χ4v) is 4.10. The van der Waals surface area contributed by atoms with E-state index in [0.29, 0.717) is 18.2 Å². The minimum Gasteiger partial charge on any atom is -0.355 e. The van der Waals surface area contributed by atoms with Crippen LogP contribution in [0.4, 0.5) is 0 Å². The molecule has 7 heteroatoms. The van der Waals surface area contributed by atoms with Gasteiger partial charge >= 0.3 is 0 Å². The predicted octanol–water partition coefficient (Wildman–Crippen LogP) is 4.01. The molecule has 1 amide bonds. The van der Waals surface area contributed by atoms with Crippen LogP contribution in [0.2, 0.25) is 0 Å². The van der Waals surface area contributed by atoms with Gasteiger partial charge < -0.3 is 5.32 Å². The Bertz CT molecular complexity index is 831. The van der Waals surface area contributed by atoms with Crippen molar-refractivity contribution in [1.82, 2.24) is 25.1 Å². The number of hydrogen-bond donors (Lipinski definition) is 1. The summed E-state index contributed by atoms with van der Waals surface area (Å²) in [4.78, 5) is 16.5. The summed E-state index contributed by atoms with van der Waals surface area (Å²) in [7, 11) is 0. The van der Waals surface area contributed by atoms with Crippen LogP contribution in [0.15, 0.2) is 54.0 Å². The molecule has 1 N–H and O–H groups in total. The van der Waals surface area contributed by atoms with E-state index in [9.17, 15) is 4.79 Å². The molecule has 2 aromatic rings. The minimum absolute atomic E-state index is 0.0278. The van der Waals surface area contributed by atoms with E-state index in [2.05, 4.69) is 33.2 Å². The van der Waals surface area contributed by atoms with Crippen molar-refractivity contribution >= 4 is 17.7 Å². The summed E-state index contributed by atoms with van der Waals surface area (Å²) < 4.78 is 1.98. The number of thioether (sulfide) groups is 1. The number of allylic oxidation sites excluding steroid dienone is 2. The fraction of sp³-hybridized carbons (Fsp3) is 0.429. The Morgan fingerprint density at radius 1 is 1.36 bits per heavy atom. The average Bonchev–Trinajstić information content (AvgIpc) is 3.12. The monoisotopic (exact) mass is 397 g/mol. The fourth-order valence-electron chi connectivity index (χ4n) is 3.22. The molecule has 6 nitrogen and oxygen atoms in total. The molecular formula is C21H27N5OS. The van der Waals surface area contributed by atoms with Crippen LogP contribution in [0, 0.1) is 0 Å². The van der Waals surface area contributed by atoms with Crippen molar-refractivity contribution in [2.24, 2.45) is 0 Å². The van der Waals surface area contributed by atoms with Crippen molar-refractivity contribution in [1.29, 1.82) is 0 Å². The molecule has 3 rings (SSSR count). The number of carbonyl (C=O) groups excluding carboxylic acids is 1. The lowest BCUT2D eigenvalue weighted by Crippen LogP contribution is -2.32. The van der Waals surface area contributed by atoms with E-state index in [0.717, 1.165) is 17.8 Å². The molecule has 0 bridgehead atoms. The molecule has 0 radical (unpaired) electrons. The van der Waals surface area contributed by atoms with Crippen LogP contribution in [-0.2, 0) is 11.3 Å². The lowest BCUT2D eigenvalue weighted by atomic mass is 9.97.